The van der Waals surface area contributed by atoms with Gasteiger partial charge in [-0.3, -0.25) is 14.5 Å². The summed E-state index contributed by atoms with van der Waals surface area (Å²) >= 11 is 6.09. The number of rotatable bonds is 2. The van der Waals surface area contributed by atoms with Crippen molar-refractivity contribution in [1.82, 2.24) is 14.8 Å². The second-order valence-corrected chi connectivity index (χ2v) is 5.43. The predicted octanol–water partition coefficient (Wildman–Crippen LogP) is 3.89. The zero-order valence-corrected chi connectivity index (χ0v) is 13.0. The quantitative estimate of drug-likeness (QED) is 0.759. The number of alkyl halides is 3. The maximum atomic E-state index is 12.7. The molecular weight excluding hydrogens is 345 g/mol. The molecule has 24 heavy (non-hydrogen) atoms. The number of fused-ring (bicyclic) bond motifs is 1. The maximum Gasteiger partial charge on any atom is 0.435 e. The molecule has 1 amide bonds. The molecule has 2 heterocycles. The summed E-state index contributed by atoms with van der Waals surface area (Å²) in [6.45, 7) is 0. The molecule has 1 N–H and O–H groups in total. The van der Waals surface area contributed by atoms with Gasteiger partial charge >= 0.3 is 6.18 Å². The maximum absolute atomic E-state index is 12.7. The summed E-state index contributed by atoms with van der Waals surface area (Å²) in [5.74, 6) is -0.742. The minimum atomic E-state index is -4.59. The molecule has 0 radical (unpaired) electrons. The molecule has 3 rings (SSSR count). The number of hydrogen-bond acceptors (Lipinski definition) is 3. The first-order valence-electron chi connectivity index (χ1n) is 6.72. The van der Waals surface area contributed by atoms with Gasteiger partial charge in [-0.25, -0.2) is 0 Å². The fourth-order valence-corrected chi connectivity index (χ4v) is 2.43. The van der Waals surface area contributed by atoms with Crippen LogP contribution in [0.1, 0.15) is 16.1 Å². The van der Waals surface area contributed by atoms with Gasteiger partial charge in [-0.2, -0.15) is 18.3 Å². The molecule has 0 saturated carbocycles. The summed E-state index contributed by atoms with van der Waals surface area (Å²) in [4.78, 5) is 16.5. The van der Waals surface area contributed by atoms with Crippen molar-refractivity contribution in [3.8, 4) is 0 Å². The molecule has 0 saturated heterocycles. The van der Waals surface area contributed by atoms with Crippen LogP contribution in [-0.4, -0.2) is 20.7 Å². The number of pyridine rings is 1. The summed E-state index contributed by atoms with van der Waals surface area (Å²) in [5, 5.41) is 6.63. The van der Waals surface area contributed by atoms with Crippen molar-refractivity contribution in [1.29, 1.82) is 0 Å². The van der Waals surface area contributed by atoms with E-state index >= 15 is 0 Å². The Morgan fingerprint density at radius 1 is 1.29 bits per heavy atom. The van der Waals surface area contributed by atoms with Gasteiger partial charge in [0.15, 0.2) is 5.69 Å². The van der Waals surface area contributed by atoms with Gasteiger partial charge in [0, 0.05) is 24.7 Å². The Bertz CT molecular complexity index is 936. The van der Waals surface area contributed by atoms with Crippen LogP contribution in [-0.2, 0) is 13.2 Å². The highest BCUT2D eigenvalue weighted by Gasteiger charge is 2.34. The number of benzene rings is 1. The summed E-state index contributed by atoms with van der Waals surface area (Å²) < 4.78 is 38.9. The van der Waals surface area contributed by atoms with E-state index < -0.39 is 17.8 Å². The number of nitrogens with one attached hydrogen (secondary N) is 1. The zero-order valence-electron chi connectivity index (χ0n) is 12.2. The van der Waals surface area contributed by atoms with Crippen molar-refractivity contribution in [2.24, 2.45) is 7.05 Å². The Kier molecular flexibility index (Phi) is 3.92. The van der Waals surface area contributed by atoms with Gasteiger partial charge in [0.2, 0.25) is 0 Å². The van der Waals surface area contributed by atoms with Crippen LogP contribution in [0.4, 0.5) is 19.0 Å². The van der Waals surface area contributed by atoms with Crippen LogP contribution in [0.25, 0.3) is 10.9 Å². The standard InChI is InChI=1S/C15H10ClF3N4O/c1-23-13(7-12(22-23)15(17,18)19)21-14(24)9-6-11-8(5-10(9)16)3-2-4-20-11/h2-7H,1H3,(H,21,24). The summed E-state index contributed by atoms with van der Waals surface area (Å²) in [6, 6.07) is 7.32. The van der Waals surface area contributed by atoms with Gasteiger partial charge in [-0.15, -0.1) is 0 Å². The lowest BCUT2D eigenvalue weighted by Gasteiger charge is -2.08. The highest BCUT2D eigenvalue weighted by atomic mass is 35.5. The van der Waals surface area contributed by atoms with Crippen LogP contribution in [0.3, 0.4) is 0 Å². The van der Waals surface area contributed by atoms with Crippen molar-refractivity contribution in [3.63, 3.8) is 0 Å². The van der Waals surface area contributed by atoms with Crippen LogP contribution in [0.2, 0.25) is 5.02 Å². The minimum absolute atomic E-state index is 0.0930. The molecule has 0 spiro atoms. The van der Waals surface area contributed by atoms with Crippen LogP contribution in [0.15, 0.2) is 36.5 Å². The topological polar surface area (TPSA) is 59.8 Å². The molecule has 2 aromatic heterocycles. The van der Waals surface area contributed by atoms with Gasteiger partial charge in [0.25, 0.3) is 5.91 Å². The van der Waals surface area contributed by atoms with Crippen molar-refractivity contribution in [2.75, 3.05) is 5.32 Å². The van der Waals surface area contributed by atoms with Gasteiger partial charge < -0.3 is 5.32 Å². The number of aromatic nitrogens is 3. The number of halogens is 4. The second kappa shape index (κ2) is 5.79. The average molecular weight is 355 g/mol. The Balaban J connectivity index is 1.93. The Hall–Kier alpha value is -2.61. The molecule has 0 fully saturated rings. The molecule has 0 atom stereocenters. The first kappa shape index (κ1) is 16.3. The van der Waals surface area contributed by atoms with Crippen molar-refractivity contribution >= 4 is 34.2 Å². The van der Waals surface area contributed by atoms with Gasteiger partial charge in [-0.05, 0) is 18.2 Å². The number of carbonyl (C=O) groups excluding carboxylic acids is 1. The Morgan fingerprint density at radius 2 is 2.04 bits per heavy atom. The lowest BCUT2D eigenvalue weighted by Crippen LogP contribution is -2.15. The monoisotopic (exact) mass is 354 g/mol. The van der Waals surface area contributed by atoms with E-state index in [1.165, 1.54) is 13.1 Å². The first-order chi connectivity index (χ1) is 11.3. The molecule has 124 valence electrons. The van der Waals surface area contributed by atoms with Gasteiger partial charge in [0.05, 0.1) is 16.1 Å². The highest BCUT2D eigenvalue weighted by molar-refractivity contribution is 6.35. The summed E-state index contributed by atoms with van der Waals surface area (Å²) in [5.41, 5.74) is -0.433. The van der Waals surface area contributed by atoms with Crippen LogP contribution < -0.4 is 5.32 Å². The molecule has 0 aliphatic carbocycles. The SMILES string of the molecule is Cn1nc(C(F)(F)F)cc1NC(=O)c1cc2ncccc2cc1Cl. The predicted molar refractivity (Wildman–Crippen MR) is 82.9 cm³/mol. The molecule has 5 nitrogen and oxygen atoms in total. The third-order valence-corrected chi connectivity index (χ3v) is 3.66. The number of anilines is 1. The lowest BCUT2D eigenvalue weighted by molar-refractivity contribution is -0.141. The smallest absolute Gasteiger partial charge is 0.307 e. The largest absolute Gasteiger partial charge is 0.435 e. The second-order valence-electron chi connectivity index (χ2n) is 5.02. The van der Waals surface area contributed by atoms with E-state index in [0.29, 0.717) is 5.52 Å². The molecule has 3 aromatic rings. The summed E-state index contributed by atoms with van der Waals surface area (Å²) in [6.07, 6.45) is -3.03. The van der Waals surface area contributed by atoms with Crippen LogP contribution in [0, 0.1) is 0 Å². The Morgan fingerprint density at radius 3 is 2.71 bits per heavy atom. The molecular formula is C15H10ClF3N4O. The third kappa shape index (κ3) is 3.05. The fourth-order valence-electron chi connectivity index (χ4n) is 2.17. The van der Waals surface area contributed by atoms with Gasteiger partial charge in [-0.1, -0.05) is 17.7 Å². The molecule has 0 unspecified atom stereocenters. The van der Waals surface area contributed by atoms with E-state index in [0.717, 1.165) is 16.1 Å². The van der Waals surface area contributed by atoms with E-state index in [-0.39, 0.29) is 16.4 Å². The zero-order chi connectivity index (χ0) is 17.5. The van der Waals surface area contributed by atoms with E-state index in [1.807, 2.05) is 0 Å². The van der Waals surface area contributed by atoms with Crippen LogP contribution >= 0.6 is 11.6 Å². The van der Waals surface area contributed by atoms with E-state index in [1.54, 1.807) is 24.4 Å². The van der Waals surface area contributed by atoms with E-state index in [4.69, 9.17) is 11.6 Å². The number of hydrogen-bond donors (Lipinski definition) is 1. The van der Waals surface area contributed by atoms with Crippen molar-refractivity contribution in [3.05, 3.63) is 52.8 Å². The number of aryl methyl sites for hydroxylation is 1. The van der Waals surface area contributed by atoms with Crippen molar-refractivity contribution in [2.45, 2.75) is 6.18 Å². The van der Waals surface area contributed by atoms with E-state index in [2.05, 4.69) is 15.4 Å². The number of nitrogens with zero attached hydrogens (tertiary/aromatic N) is 3. The van der Waals surface area contributed by atoms with E-state index in [9.17, 15) is 18.0 Å². The molecule has 0 aliphatic rings. The lowest BCUT2D eigenvalue weighted by atomic mass is 10.1. The average Bonchev–Trinajstić information content (AvgIpc) is 2.87. The normalized spacial score (nSPS) is 11.7. The van der Waals surface area contributed by atoms with Crippen LogP contribution in [0.5, 0.6) is 0 Å². The summed E-state index contributed by atoms with van der Waals surface area (Å²) in [7, 11) is 1.30. The first-order valence-corrected chi connectivity index (χ1v) is 7.10. The molecule has 0 bridgehead atoms. The minimum Gasteiger partial charge on any atom is -0.307 e. The highest BCUT2D eigenvalue weighted by Crippen LogP contribution is 2.30. The molecule has 0 aliphatic heterocycles. The molecule has 9 heteroatoms. The van der Waals surface area contributed by atoms with Gasteiger partial charge in [0.1, 0.15) is 5.82 Å². The third-order valence-electron chi connectivity index (χ3n) is 3.35. The number of amides is 1. The molecule has 1 aromatic carbocycles. The fraction of sp³-hybridized carbons (Fsp3) is 0.133. The van der Waals surface area contributed by atoms with Crippen molar-refractivity contribution < 1.29 is 18.0 Å². The Labute approximate surface area is 139 Å². The number of carbonyl (C=O) groups is 1.